The van der Waals surface area contributed by atoms with E-state index < -0.39 is 0 Å². The van der Waals surface area contributed by atoms with Gasteiger partial charge in [0.25, 0.3) is 0 Å². The second-order valence-electron chi connectivity index (χ2n) is 6.28. The van der Waals surface area contributed by atoms with Crippen LogP contribution in [0, 0.1) is 5.92 Å². The Morgan fingerprint density at radius 2 is 1.81 bits per heavy atom. The van der Waals surface area contributed by atoms with Crippen molar-refractivity contribution in [2.45, 2.75) is 52.7 Å². The fraction of sp³-hybridized carbons (Fsp3) is 0.500. The SMILES string of the molecule is CC(C)CCC(C)NCc1cnn(Cc2ccccc2)c1. The van der Waals surface area contributed by atoms with Gasteiger partial charge in [-0.3, -0.25) is 4.68 Å². The van der Waals surface area contributed by atoms with Crippen LogP contribution in [0.5, 0.6) is 0 Å². The second-order valence-corrected chi connectivity index (χ2v) is 6.28. The third kappa shape index (κ3) is 5.72. The summed E-state index contributed by atoms with van der Waals surface area (Å²) in [6.45, 7) is 8.55. The normalized spacial score (nSPS) is 12.8. The van der Waals surface area contributed by atoms with Gasteiger partial charge in [-0.15, -0.1) is 0 Å². The largest absolute Gasteiger partial charge is 0.310 e. The van der Waals surface area contributed by atoms with E-state index in [0.717, 1.165) is 19.0 Å². The Morgan fingerprint density at radius 3 is 2.52 bits per heavy atom. The predicted octanol–water partition coefficient (Wildman–Crippen LogP) is 3.85. The molecule has 1 aromatic carbocycles. The van der Waals surface area contributed by atoms with Gasteiger partial charge < -0.3 is 5.32 Å². The molecule has 114 valence electrons. The molecule has 0 radical (unpaired) electrons. The zero-order chi connectivity index (χ0) is 15.1. The van der Waals surface area contributed by atoms with Crippen molar-refractivity contribution < 1.29 is 0 Å². The molecule has 0 fully saturated rings. The molecule has 1 aromatic heterocycles. The third-order valence-corrected chi connectivity index (χ3v) is 3.71. The maximum atomic E-state index is 4.44. The lowest BCUT2D eigenvalue weighted by Gasteiger charge is -2.14. The molecule has 0 aliphatic rings. The Bertz CT molecular complexity index is 516. The number of nitrogens with one attached hydrogen (secondary N) is 1. The molecule has 2 aromatic rings. The van der Waals surface area contributed by atoms with Crippen LogP contribution in [-0.4, -0.2) is 15.8 Å². The molecular weight excluding hydrogens is 258 g/mol. The van der Waals surface area contributed by atoms with Crippen molar-refractivity contribution in [3.8, 4) is 0 Å². The number of benzene rings is 1. The van der Waals surface area contributed by atoms with Crippen LogP contribution < -0.4 is 5.32 Å². The van der Waals surface area contributed by atoms with E-state index in [1.807, 2.05) is 16.9 Å². The highest BCUT2D eigenvalue weighted by Crippen LogP contribution is 2.08. The van der Waals surface area contributed by atoms with Gasteiger partial charge >= 0.3 is 0 Å². The number of rotatable bonds is 8. The molecule has 0 bridgehead atoms. The Balaban J connectivity index is 1.78. The predicted molar refractivity (Wildman–Crippen MR) is 88.1 cm³/mol. The van der Waals surface area contributed by atoms with Crippen molar-refractivity contribution >= 4 is 0 Å². The molecule has 3 nitrogen and oxygen atoms in total. The number of hydrogen-bond donors (Lipinski definition) is 1. The van der Waals surface area contributed by atoms with Gasteiger partial charge in [-0.2, -0.15) is 5.10 Å². The molecule has 1 unspecified atom stereocenters. The first-order chi connectivity index (χ1) is 10.1. The summed E-state index contributed by atoms with van der Waals surface area (Å²) >= 11 is 0. The maximum absolute atomic E-state index is 4.44. The average molecular weight is 285 g/mol. The van der Waals surface area contributed by atoms with Gasteiger partial charge in [0.05, 0.1) is 12.7 Å². The summed E-state index contributed by atoms with van der Waals surface area (Å²) in [5.74, 6) is 0.780. The monoisotopic (exact) mass is 285 g/mol. The zero-order valence-electron chi connectivity index (χ0n) is 13.4. The Kier molecular flexibility index (Phi) is 6.00. The first kappa shape index (κ1) is 15.8. The molecule has 1 atom stereocenters. The smallest absolute Gasteiger partial charge is 0.0659 e. The second kappa shape index (κ2) is 7.99. The lowest BCUT2D eigenvalue weighted by Crippen LogP contribution is -2.25. The van der Waals surface area contributed by atoms with Crippen LogP contribution in [0.3, 0.4) is 0 Å². The minimum atomic E-state index is 0.560. The molecule has 0 spiro atoms. The first-order valence-corrected chi connectivity index (χ1v) is 7.92. The van der Waals surface area contributed by atoms with Gasteiger partial charge in [-0.25, -0.2) is 0 Å². The Hall–Kier alpha value is -1.61. The van der Waals surface area contributed by atoms with E-state index in [0.29, 0.717) is 6.04 Å². The van der Waals surface area contributed by atoms with Gasteiger partial charge in [0, 0.05) is 24.3 Å². The molecule has 1 N–H and O–H groups in total. The van der Waals surface area contributed by atoms with Crippen molar-refractivity contribution in [3.05, 3.63) is 53.9 Å². The van der Waals surface area contributed by atoms with Crippen molar-refractivity contribution in [1.29, 1.82) is 0 Å². The topological polar surface area (TPSA) is 29.9 Å². The molecular formula is C18H27N3. The lowest BCUT2D eigenvalue weighted by atomic mass is 10.0. The van der Waals surface area contributed by atoms with Crippen LogP contribution in [0.1, 0.15) is 44.7 Å². The Labute approximate surface area is 128 Å². The van der Waals surface area contributed by atoms with Crippen LogP contribution >= 0.6 is 0 Å². The van der Waals surface area contributed by atoms with E-state index in [-0.39, 0.29) is 0 Å². The quantitative estimate of drug-likeness (QED) is 0.798. The minimum Gasteiger partial charge on any atom is -0.310 e. The van der Waals surface area contributed by atoms with E-state index in [4.69, 9.17) is 0 Å². The third-order valence-electron chi connectivity index (χ3n) is 3.71. The van der Waals surface area contributed by atoms with Gasteiger partial charge in [-0.05, 0) is 31.2 Å². The fourth-order valence-corrected chi connectivity index (χ4v) is 2.33. The highest BCUT2D eigenvalue weighted by Gasteiger charge is 2.05. The van der Waals surface area contributed by atoms with E-state index in [9.17, 15) is 0 Å². The van der Waals surface area contributed by atoms with Crippen molar-refractivity contribution in [1.82, 2.24) is 15.1 Å². The highest BCUT2D eigenvalue weighted by atomic mass is 15.3. The van der Waals surface area contributed by atoms with Gasteiger partial charge in [0.1, 0.15) is 0 Å². The first-order valence-electron chi connectivity index (χ1n) is 7.92. The molecule has 0 saturated heterocycles. The molecule has 0 aliphatic heterocycles. The Morgan fingerprint density at radius 1 is 1.05 bits per heavy atom. The van der Waals surface area contributed by atoms with Gasteiger partial charge in [-0.1, -0.05) is 44.2 Å². The van der Waals surface area contributed by atoms with Crippen molar-refractivity contribution in [2.24, 2.45) is 5.92 Å². The molecule has 0 aliphatic carbocycles. The lowest BCUT2D eigenvalue weighted by molar-refractivity contribution is 0.450. The molecule has 21 heavy (non-hydrogen) atoms. The summed E-state index contributed by atoms with van der Waals surface area (Å²) in [4.78, 5) is 0. The minimum absolute atomic E-state index is 0.560. The molecule has 1 heterocycles. The van der Waals surface area contributed by atoms with Crippen LogP contribution in [0.25, 0.3) is 0 Å². The number of nitrogens with zero attached hydrogens (tertiary/aromatic N) is 2. The summed E-state index contributed by atoms with van der Waals surface area (Å²) in [7, 11) is 0. The van der Waals surface area contributed by atoms with E-state index >= 15 is 0 Å². The average Bonchev–Trinajstić information content (AvgIpc) is 2.91. The van der Waals surface area contributed by atoms with Crippen molar-refractivity contribution in [3.63, 3.8) is 0 Å². The van der Waals surface area contributed by atoms with Gasteiger partial charge in [0.2, 0.25) is 0 Å². The van der Waals surface area contributed by atoms with E-state index in [1.54, 1.807) is 0 Å². The van der Waals surface area contributed by atoms with Crippen LogP contribution in [-0.2, 0) is 13.1 Å². The standard InChI is InChI=1S/C18H27N3/c1-15(2)9-10-16(3)19-11-18-12-20-21(14-18)13-17-7-5-4-6-8-17/h4-8,12,14-16,19H,9-11,13H2,1-3H3. The summed E-state index contributed by atoms with van der Waals surface area (Å²) in [5.41, 5.74) is 2.53. The number of hydrogen-bond acceptors (Lipinski definition) is 2. The molecule has 2 rings (SSSR count). The summed E-state index contributed by atoms with van der Waals surface area (Å²) < 4.78 is 2.01. The van der Waals surface area contributed by atoms with E-state index in [2.05, 4.69) is 61.6 Å². The van der Waals surface area contributed by atoms with Gasteiger partial charge in [0.15, 0.2) is 0 Å². The molecule has 3 heteroatoms. The molecule has 0 saturated carbocycles. The van der Waals surface area contributed by atoms with Crippen LogP contribution in [0.4, 0.5) is 0 Å². The summed E-state index contributed by atoms with van der Waals surface area (Å²) in [6.07, 6.45) is 6.61. The van der Waals surface area contributed by atoms with Crippen LogP contribution in [0.15, 0.2) is 42.7 Å². The summed E-state index contributed by atoms with van der Waals surface area (Å²) in [5, 5.41) is 8.02. The van der Waals surface area contributed by atoms with E-state index in [1.165, 1.54) is 24.0 Å². The maximum Gasteiger partial charge on any atom is 0.0659 e. The number of aromatic nitrogens is 2. The van der Waals surface area contributed by atoms with Crippen molar-refractivity contribution in [2.75, 3.05) is 0 Å². The molecule has 0 amide bonds. The highest BCUT2D eigenvalue weighted by molar-refractivity contribution is 5.15. The van der Waals surface area contributed by atoms with Crippen LogP contribution in [0.2, 0.25) is 0 Å². The zero-order valence-corrected chi connectivity index (χ0v) is 13.4. The fourth-order valence-electron chi connectivity index (χ4n) is 2.33. The summed E-state index contributed by atoms with van der Waals surface area (Å²) in [6, 6.07) is 11.0.